The molecule has 1 aromatic heterocycles. The van der Waals surface area contributed by atoms with Gasteiger partial charge in [-0.25, -0.2) is 21.9 Å². The molecule has 0 N–H and O–H groups in total. The van der Waals surface area contributed by atoms with Crippen LogP contribution in [0.3, 0.4) is 0 Å². The molecule has 1 saturated carbocycles. The van der Waals surface area contributed by atoms with Crippen LogP contribution in [0, 0.1) is 11.6 Å². The molecule has 4 nitrogen and oxygen atoms in total. The molecule has 0 aliphatic heterocycles. The summed E-state index contributed by atoms with van der Waals surface area (Å²) in [6, 6.07) is 2.83. The minimum atomic E-state index is -4.12. The number of halogens is 4. The van der Waals surface area contributed by atoms with Crippen LogP contribution >= 0.6 is 22.3 Å². The Hall–Kier alpha value is -1.18. The van der Waals surface area contributed by atoms with Gasteiger partial charge in [0.2, 0.25) is 0 Å². The Balaban J connectivity index is 2.25. The molecule has 0 bridgehead atoms. The van der Waals surface area contributed by atoms with Gasteiger partial charge in [0.15, 0.2) is 11.0 Å². The SMILES string of the molecule is O=S(=O)(Cl)c1c(C2CC2)nn(-c2ccc(F)cc2F)c1Cl. The van der Waals surface area contributed by atoms with Gasteiger partial charge in [-0.1, -0.05) is 11.6 Å². The molecule has 1 heterocycles. The molecule has 0 atom stereocenters. The number of nitrogens with zero attached hydrogens (tertiary/aromatic N) is 2. The van der Waals surface area contributed by atoms with Gasteiger partial charge < -0.3 is 0 Å². The fraction of sp³-hybridized carbons (Fsp3) is 0.250. The molecule has 3 rings (SSSR count). The summed E-state index contributed by atoms with van der Waals surface area (Å²) in [5.41, 5.74) is 0.0774. The van der Waals surface area contributed by atoms with E-state index in [1.165, 1.54) is 0 Å². The van der Waals surface area contributed by atoms with Crippen LogP contribution in [0.4, 0.5) is 8.78 Å². The lowest BCUT2D eigenvalue weighted by molar-refractivity contribution is 0.573. The lowest BCUT2D eigenvalue weighted by Crippen LogP contribution is -2.01. The van der Waals surface area contributed by atoms with E-state index >= 15 is 0 Å². The van der Waals surface area contributed by atoms with Crippen LogP contribution in [0.5, 0.6) is 0 Å². The van der Waals surface area contributed by atoms with Gasteiger partial charge in [0.25, 0.3) is 9.05 Å². The monoisotopic (exact) mass is 352 g/mol. The first-order valence-electron chi connectivity index (χ1n) is 5.97. The molecule has 21 heavy (non-hydrogen) atoms. The van der Waals surface area contributed by atoms with Crippen molar-refractivity contribution < 1.29 is 17.2 Å². The Morgan fingerprint density at radius 1 is 1.29 bits per heavy atom. The third-order valence-corrected chi connectivity index (χ3v) is 4.97. The summed E-state index contributed by atoms with van der Waals surface area (Å²) in [6.07, 6.45) is 1.53. The Labute approximate surface area is 128 Å². The third-order valence-electron chi connectivity index (χ3n) is 3.16. The molecule has 0 saturated heterocycles. The molecule has 1 fully saturated rings. The van der Waals surface area contributed by atoms with Crippen molar-refractivity contribution in [1.29, 1.82) is 0 Å². The van der Waals surface area contributed by atoms with Crippen molar-refractivity contribution >= 4 is 31.3 Å². The largest absolute Gasteiger partial charge is 0.266 e. The van der Waals surface area contributed by atoms with Crippen LogP contribution in [-0.4, -0.2) is 18.2 Å². The van der Waals surface area contributed by atoms with E-state index in [1.807, 2.05) is 0 Å². The fourth-order valence-corrected chi connectivity index (χ4v) is 3.91. The first-order valence-corrected chi connectivity index (χ1v) is 8.66. The normalized spacial score (nSPS) is 15.4. The molecular weight excluding hydrogens is 345 g/mol. The minimum absolute atomic E-state index is 0.0595. The Morgan fingerprint density at radius 3 is 2.48 bits per heavy atom. The molecule has 9 heteroatoms. The van der Waals surface area contributed by atoms with Crippen molar-refractivity contribution in [1.82, 2.24) is 9.78 Å². The Kier molecular flexibility index (Phi) is 3.46. The van der Waals surface area contributed by atoms with E-state index in [1.54, 1.807) is 0 Å². The number of hydrogen-bond donors (Lipinski definition) is 0. The van der Waals surface area contributed by atoms with E-state index in [0.29, 0.717) is 6.07 Å². The van der Waals surface area contributed by atoms with Gasteiger partial charge in [0.05, 0.1) is 5.69 Å². The zero-order valence-electron chi connectivity index (χ0n) is 10.4. The lowest BCUT2D eigenvalue weighted by Gasteiger charge is -2.04. The fourth-order valence-electron chi connectivity index (χ4n) is 2.06. The second kappa shape index (κ2) is 4.93. The number of aromatic nitrogens is 2. The van der Waals surface area contributed by atoms with Gasteiger partial charge in [0.1, 0.15) is 16.4 Å². The topological polar surface area (TPSA) is 52.0 Å². The Bertz CT molecular complexity index is 832. The maximum Gasteiger partial charge on any atom is 0.266 e. The van der Waals surface area contributed by atoms with Gasteiger partial charge in [-0.05, 0) is 25.0 Å². The average Bonchev–Trinajstić information content (AvgIpc) is 3.13. The zero-order valence-corrected chi connectivity index (χ0v) is 12.7. The molecule has 0 amide bonds. The Morgan fingerprint density at radius 2 is 1.95 bits per heavy atom. The summed E-state index contributed by atoms with van der Waals surface area (Å²) in [5, 5.41) is 3.75. The maximum absolute atomic E-state index is 13.8. The van der Waals surface area contributed by atoms with Crippen molar-refractivity contribution in [2.75, 3.05) is 0 Å². The van der Waals surface area contributed by atoms with E-state index in [0.717, 1.165) is 29.7 Å². The highest BCUT2D eigenvalue weighted by Crippen LogP contribution is 2.45. The number of hydrogen-bond acceptors (Lipinski definition) is 3. The predicted octanol–water partition coefficient (Wildman–Crippen LogP) is 3.61. The molecule has 1 aliphatic rings. The van der Waals surface area contributed by atoms with Crippen LogP contribution in [0.15, 0.2) is 23.1 Å². The molecular formula is C12H8Cl2F2N2O2S. The van der Waals surface area contributed by atoms with Crippen molar-refractivity contribution in [3.8, 4) is 5.69 Å². The van der Waals surface area contributed by atoms with Crippen LogP contribution < -0.4 is 0 Å². The van der Waals surface area contributed by atoms with Gasteiger partial charge in [-0.3, -0.25) is 0 Å². The van der Waals surface area contributed by atoms with Gasteiger partial charge in [-0.2, -0.15) is 5.10 Å². The quantitative estimate of drug-likeness (QED) is 0.793. The molecule has 1 aliphatic carbocycles. The van der Waals surface area contributed by atoms with Crippen LogP contribution in [0.1, 0.15) is 24.5 Å². The summed E-state index contributed by atoms with van der Waals surface area (Å²) in [6.45, 7) is 0. The van der Waals surface area contributed by atoms with Gasteiger partial charge >= 0.3 is 0 Å². The highest BCUT2D eigenvalue weighted by atomic mass is 35.7. The number of rotatable bonds is 3. The van der Waals surface area contributed by atoms with Crippen LogP contribution in [0.2, 0.25) is 5.15 Å². The predicted molar refractivity (Wildman–Crippen MR) is 73.5 cm³/mol. The van der Waals surface area contributed by atoms with Gasteiger partial charge in [-0.15, -0.1) is 0 Å². The zero-order chi connectivity index (χ0) is 15.4. The third kappa shape index (κ3) is 2.65. The smallest absolute Gasteiger partial charge is 0.218 e. The van der Waals surface area contributed by atoms with Crippen LogP contribution in [0.25, 0.3) is 5.69 Å². The molecule has 0 spiro atoms. The van der Waals surface area contributed by atoms with E-state index in [9.17, 15) is 17.2 Å². The van der Waals surface area contributed by atoms with E-state index in [-0.39, 0.29) is 27.3 Å². The molecule has 0 radical (unpaired) electrons. The van der Waals surface area contributed by atoms with Crippen molar-refractivity contribution in [3.05, 3.63) is 40.7 Å². The van der Waals surface area contributed by atoms with Gasteiger partial charge in [0, 0.05) is 22.7 Å². The van der Waals surface area contributed by atoms with Crippen molar-refractivity contribution in [3.63, 3.8) is 0 Å². The number of benzene rings is 1. The maximum atomic E-state index is 13.8. The average molecular weight is 353 g/mol. The molecule has 1 aromatic carbocycles. The molecule has 112 valence electrons. The molecule has 0 unspecified atom stereocenters. The van der Waals surface area contributed by atoms with Crippen LogP contribution in [-0.2, 0) is 9.05 Å². The second-order valence-corrected chi connectivity index (χ2v) is 7.59. The first-order chi connectivity index (χ1) is 9.79. The second-order valence-electron chi connectivity index (χ2n) is 4.72. The summed E-state index contributed by atoms with van der Waals surface area (Å²) in [5.74, 6) is -1.72. The highest BCUT2D eigenvalue weighted by Gasteiger charge is 2.36. The van der Waals surface area contributed by atoms with E-state index < -0.39 is 20.7 Å². The van der Waals surface area contributed by atoms with E-state index in [2.05, 4.69) is 5.10 Å². The first kappa shape index (κ1) is 14.7. The highest BCUT2D eigenvalue weighted by molar-refractivity contribution is 8.13. The summed E-state index contributed by atoms with van der Waals surface area (Å²) in [4.78, 5) is -0.308. The van der Waals surface area contributed by atoms with Crippen molar-refractivity contribution in [2.24, 2.45) is 0 Å². The standard InChI is InChI=1S/C12H8Cl2F2N2O2S/c13-12-11(21(14,19)20)10(6-1-2-6)17-18(12)9-4-3-7(15)5-8(9)16/h3-6H,1-2H2. The minimum Gasteiger partial charge on any atom is -0.218 e. The summed E-state index contributed by atoms with van der Waals surface area (Å²) >= 11 is 6.01. The van der Waals surface area contributed by atoms with E-state index in [4.69, 9.17) is 22.3 Å². The van der Waals surface area contributed by atoms with Crippen molar-refractivity contribution in [2.45, 2.75) is 23.7 Å². The summed E-state index contributed by atoms with van der Waals surface area (Å²) < 4.78 is 51.0. The molecule has 2 aromatic rings. The summed E-state index contributed by atoms with van der Waals surface area (Å²) in [7, 11) is 1.27. The lowest BCUT2D eigenvalue weighted by atomic mass is 10.3.